The zero-order valence-corrected chi connectivity index (χ0v) is 14.3. The van der Waals surface area contributed by atoms with Gasteiger partial charge in [-0.15, -0.1) is 0 Å². The van der Waals surface area contributed by atoms with E-state index < -0.39 is 16.0 Å². The van der Waals surface area contributed by atoms with Crippen molar-refractivity contribution < 1.29 is 27.8 Å². The number of nitrogens with one attached hydrogen (secondary N) is 1. The Balaban J connectivity index is 1.97. The van der Waals surface area contributed by atoms with Crippen LogP contribution in [0.1, 0.15) is 22.8 Å². The largest absolute Gasteiger partial charge is 0.486 e. The van der Waals surface area contributed by atoms with E-state index in [4.69, 9.17) is 14.6 Å². The van der Waals surface area contributed by atoms with Crippen LogP contribution in [0.15, 0.2) is 41.3 Å². The third-order valence-electron chi connectivity index (χ3n) is 3.78. The lowest BCUT2D eigenvalue weighted by Gasteiger charge is -2.19. The van der Waals surface area contributed by atoms with Gasteiger partial charge in [0.2, 0.25) is 0 Å². The van der Waals surface area contributed by atoms with Gasteiger partial charge in [-0.1, -0.05) is 13.0 Å². The van der Waals surface area contributed by atoms with Crippen molar-refractivity contribution in [3.63, 3.8) is 0 Å². The second-order valence-electron chi connectivity index (χ2n) is 5.45. The molecule has 0 unspecified atom stereocenters. The molecule has 2 aromatic carbocycles. The lowest BCUT2D eigenvalue weighted by molar-refractivity contribution is 0.0696. The highest BCUT2D eigenvalue weighted by Gasteiger charge is 2.21. The molecular weight excluding hydrogens is 346 g/mol. The van der Waals surface area contributed by atoms with Crippen LogP contribution in [0.4, 0.5) is 5.69 Å². The smallest absolute Gasteiger partial charge is 0.335 e. The molecule has 0 saturated heterocycles. The third-order valence-corrected chi connectivity index (χ3v) is 5.24. The molecule has 0 fully saturated rings. The first kappa shape index (κ1) is 17.1. The van der Waals surface area contributed by atoms with Gasteiger partial charge in [-0.25, -0.2) is 13.2 Å². The van der Waals surface area contributed by atoms with Crippen LogP contribution in [0.25, 0.3) is 0 Å². The second-order valence-corrected chi connectivity index (χ2v) is 7.10. The Kier molecular flexibility index (Phi) is 4.54. The van der Waals surface area contributed by atoms with Gasteiger partial charge in [-0.2, -0.15) is 0 Å². The van der Waals surface area contributed by atoms with Crippen molar-refractivity contribution in [3.05, 3.63) is 47.5 Å². The Morgan fingerprint density at radius 3 is 2.52 bits per heavy atom. The molecule has 0 radical (unpaired) electrons. The molecule has 1 aliphatic rings. The maximum absolute atomic E-state index is 12.7. The maximum Gasteiger partial charge on any atom is 0.335 e. The first-order chi connectivity index (χ1) is 11.9. The Labute approximate surface area is 145 Å². The normalized spacial score (nSPS) is 13.3. The molecule has 3 rings (SSSR count). The summed E-state index contributed by atoms with van der Waals surface area (Å²) in [5.74, 6) is -0.170. The van der Waals surface area contributed by atoms with Gasteiger partial charge in [0, 0.05) is 6.07 Å². The highest BCUT2D eigenvalue weighted by molar-refractivity contribution is 7.92. The van der Waals surface area contributed by atoms with Crippen molar-refractivity contribution in [2.75, 3.05) is 17.9 Å². The zero-order chi connectivity index (χ0) is 18.0. The van der Waals surface area contributed by atoms with Gasteiger partial charge in [0.05, 0.1) is 16.1 Å². The molecule has 0 atom stereocenters. The van der Waals surface area contributed by atoms with E-state index in [1.807, 2.05) is 0 Å². The van der Waals surface area contributed by atoms with Gasteiger partial charge in [-0.05, 0) is 36.2 Å². The van der Waals surface area contributed by atoms with E-state index in [0.717, 1.165) is 0 Å². The predicted octanol–water partition coefficient (Wildman–Crippen LogP) is 2.52. The van der Waals surface area contributed by atoms with Crippen LogP contribution in [0, 0.1) is 0 Å². The molecule has 2 N–H and O–H groups in total. The molecule has 132 valence electrons. The minimum absolute atomic E-state index is 0.0511. The number of ether oxygens (including phenoxy) is 2. The summed E-state index contributed by atoms with van der Waals surface area (Å²) >= 11 is 0. The fourth-order valence-corrected chi connectivity index (χ4v) is 3.93. The number of hydrogen-bond acceptors (Lipinski definition) is 5. The van der Waals surface area contributed by atoms with Crippen LogP contribution in [0.5, 0.6) is 11.5 Å². The molecule has 0 aliphatic carbocycles. The molecule has 8 heteroatoms. The lowest BCUT2D eigenvalue weighted by atomic mass is 10.1. The van der Waals surface area contributed by atoms with Crippen LogP contribution in [0.3, 0.4) is 0 Å². The summed E-state index contributed by atoms with van der Waals surface area (Å²) < 4.78 is 38.8. The summed E-state index contributed by atoms with van der Waals surface area (Å²) in [7, 11) is -3.95. The zero-order valence-electron chi connectivity index (χ0n) is 13.5. The van der Waals surface area contributed by atoms with Gasteiger partial charge in [0.15, 0.2) is 11.5 Å². The van der Waals surface area contributed by atoms with E-state index in [1.165, 1.54) is 18.2 Å². The van der Waals surface area contributed by atoms with Crippen LogP contribution in [-0.4, -0.2) is 32.7 Å². The SMILES string of the molecule is CCc1ccc(C(=O)O)cc1S(=O)(=O)Nc1ccc2c(c1)OCCO2. The first-order valence-corrected chi connectivity index (χ1v) is 9.17. The summed E-state index contributed by atoms with van der Waals surface area (Å²) in [6, 6.07) is 8.81. The molecule has 0 spiro atoms. The lowest BCUT2D eigenvalue weighted by Crippen LogP contribution is -2.18. The number of hydrogen-bond donors (Lipinski definition) is 2. The molecule has 0 aromatic heterocycles. The number of benzene rings is 2. The van der Waals surface area contributed by atoms with Crippen LogP contribution in [-0.2, 0) is 16.4 Å². The minimum Gasteiger partial charge on any atom is -0.486 e. The molecule has 0 bridgehead atoms. The van der Waals surface area contributed by atoms with Gasteiger partial charge in [0.25, 0.3) is 10.0 Å². The van der Waals surface area contributed by atoms with Gasteiger partial charge in [-0.3, -0.25) is 4.72 Å². The molecule has 25 heavy (non-hydrogen) atoms. The summed E-state index contributed by atoms with van der Waals surface area (Å²) in [5.41, 5.74) is 0.766. The van der Waals surface area contributed by atoms with E-state index in [0.29, 0.717) is 42.4 Å². The van der Waals surface area contributed by atoms with Crippen molar-refractivity contribution in [2.24, 2.45) is 0 Å². The Morgan fingerprint density at radius 1 is 1.12 bits per heavy atom. The Hall–Kier alpha value is -2.74. The molecule has 0 amide bonds. The molecular formula is C17H17NO6S. The van der Waals surface area contributed by atoms with Gasteiger partial charge in [0.1, 0.15) is 13.2 Å². The number of fused-ring (bicyclic) bond motifs is 1. The number of rotatable bonds is 5. The maximum atomic E-state index is 12.7. The predicted molar refractivity (Wildman–Crippen MR) is 91.0 cm³/mol. The van der Waals surface area contributed by atoms with E-state index in [2.05, 4.69) is 4.72 Å². The topological polar surface area (TPSA) is 102 Å². The minimum atomic E-state index is -3.95. The average Bonchev–Trinajstić information content (AvgIpc) is 2.60. The molecule has 1 heterocycles. The molecule has 0 saturated carbocycles. The monoisotopic (exact) mass is 363 g/mol. The van der Waals surface area contributed by atoms with Crippen LogP contribution >= 0.6 is 0 Å². The van der Waals surface area contributed by atoms with Gasteiger partial charge >= 0.3 is 5.97 Å². The standard InChI is InChI=1S/C17H17NO6S/c1-2-11-3-4-12(17(19)20)9-16(11)25(21,22)18-13-5-6-14-15(10-13)24-8-7-23-14/h3-6,9-10,18H,2,7-8H2,1H3,(H,19,20). The molecule has 2 aromatic rings. The fourth-order valence-electron chi connectivity index (χ4n) is 2.55. The molecule has 7 nitrogen and oxygen atoms in total. The average molecular weight is 363 g/mol. The van der Waals surface area contributed by atoms with Crippen LogP contribution in [0.2, 0.25) is 0 Å². The quantitative estimate of drug-likeness (QED) is 0.846. The fraction of sp³-hybridized carbons (Fsp3) is 0.235. The third kappa shape index (κ3) is 3.53. The second kappa shape index (κ2) is 6.64. The van der Waals surface area contributed by atoms with E-state index in [9.17, 15) is 13.2 Å². The van der Waals surface area contributed by atoms with Crippen molar-refractivity contribution in [1.82, 2.24) is 0 Å². The Morgan fingerprint density at radius 2 is 1.84 bits per heavy atom. The van der Waals surface area contributed by atoms with Crippen molar-refractivity contribution in [1.29, 1.82) is 0 Å². The highest BCUT2D eigenvalue weighted by atomic mass is 32.2. The number of aryl methyl sites for hydroxylation is 1. The summed E-state index contributed by atoms with van der Waals surface area (Å²) in [5, 5.41) is 9.12. The summed E-state index contributed by atoms with van der Waals surface area (Å²) in [4.78, 5) is 11.1. The van der Waals surface area contributed by atoms with E-state index >= 15 is 0 Å². The number of aromatic carboxylic acids is 1. The summed E-state index contributed by atoms with van der Waals surface area (Å²) in [6.45, 7) is 2.64. The number of anilines is 1. The highest BCUT2D eigenvalue weighted by Crippen LogP contribution is 2.33. The number of carboxylic acids is 1. The van der Waals surface area contributed by atoms with E-state index in [-0.39, 0.29) is 10.5 Å². The van der Waals surface area contributed by atoms with Crippen molar-refractivity contribution >= 4 is 21.7 Å². The summed E-state index contributed by atoms with van der Waals surface area (Å²) in [6.07, 6.45) is 0.456. The van der Waals surface area contributed by atoms with Crippen molar-refractivity contribution in [3.8, 4) is 11.5 Å². The Bertz CT molecular complexity index is 923. The number of carboxylic acid groups (broad SMARTS) is 1. The first-order valence-electron chi connectivity index (χ1n) is 7.69. The van der Waals surface area contributed by atoms with Crippen molar-refractivity contribution in [2.45, 2.75) is 18.2 Å². The van der Waals surface area contributed by atoms with Gasteiger partial charge < -0.3 is 14.6 Å². The van der Waals surface area contributed by atoms with E-state index in [1.54, 1.807) is 25.1 Å². The molecule has 1 aliphatic heterocycles. The number of carbonyl (C=O) groups is 1. The number of sulfonamides is 1. The van der Waals surface area contributed by atoms with Crippen LogP contribution < -0.4 is 14.2 Å².